The Bertz CT molecular complexity index is 1190. The molecule has 7 nitrogen and oxygen atoms in total. The van der Waals surface area contributed by atoms with Crippen LogP contribution in [0.4, 0.5) is 5.69 Å². The monoisotopic (exact) mass is 561 g/mol. The molecule has 1 atom stereocenters. The van der Waals surface area contributed by atoms with Crippen molar-refractivity contribution in [3.05, 3.63) is 62.6 Å². The molecule has 0 saturated heterocycles. The number of hydrogen-bond donors (Lipinski definition) is 1. The van der Waals surface area contributed by atoms with E-state index in [0.717, 1.165) is 10.6 Å². The Kier molecular flexibility index (Phi) is 9.50. The van der Waals surface area contributed by atoms with Gasteiger partial charge >= 0.3 is 0 Å². The van der Waals surface area contributed by atoms with Gasteiger partial charge in [0.1, 0.15) is 12.6 Å². The van der Waals surface area contributed by atoms with Crippen LogP contribution >= 0.6 is 34.8 Å². The van der Waals surface area contributed by atoms with Gasteiger partial charge in [-0.05, 0) is 64.4 Å². The van der Waals surface area contributed by atoms with Crippen molar-refractivity contribution >= 4 is 62.3 Å². The lowest BCUT2D eigenvalue weighted by Crippen LogP contribution is -2.54. The lowest BCUT2D eigenvalue weighted by molar-refractivity contribution is -0.140. The van der Waals surface area contributed by atoms with E-state index in [1.54, 1.807) is 50.2 Å². The zero-order valence-electron chi connectivity index (χ0n) is 20.5. The van der Waals surface area contributed by atoms with Crippen LogP contribution in [-0.2, 0) is 26.2 Å². The molecular formula is C24H30Cl3N3O4S. The smallest absolute Gasteiger partial charge is 0.244 e. The molecule has 1 N–H and O–H groups in total. The number of anilines is 1. The van der Waals surface area contributed by atoms with E-state index >= 15 is 0 Å². The first-order valence-electron chi connectivity index (χ1n) is 10.8. The van der Waals surface area contributed by atoms with E-state index in [2.05, 4.69) is 5.32 Å². The van der Waals surface area contributed by atoms with Gasteiger partial charge in [0.25, 0.3) is 0 Å². The highest BCUT2D eigenvalue weighted by atomic mass is 35.5. The number of carbonyl (C=O) groups is 2. The molecule has 0 aliphatic rings. The summed E-state index contributed by atoms with van der Waals surface area (Å²) in [4.78, 5) is 27.9. The fraction of sp³-hybridized carbons (Fsp3) is 0.417. The van der Waals surface area contributed by atoms with E-state index in [1.165, 1.54) is 4.90 Å². The van der Waals surface area contributed by atoms with E-state index in [4.69, 9.17) is 34.8 Å². The SMILES string of the molecule is Cc1c(Cl)cccc1N(CC(=O)N(Cc1c(Cl)cccc1Cl)C(C)C(=O)NC(C)(C)C)S(C)(=O)=O. The summed E-state index contributed by atoms with van der Waals surface area (Å²) in [7, 11) is -3.88. The third kappa shape index (κ3) is 7.74. The summed E-state index contributed by atoms with van der Waals surface area (Å²) in [6, 6.07) is 8.79. The zero-order chi connectivity index (χ0) is 26.7. The van der Waals surface area contributed by atoms with Crippen molar-refractivity contribution in [2.24, 2.45) is 0 Å². The van der Waals surface area contributed by atoms with Gasteiger partial charge < -0.3 is 10.2 Å². The number of carbonyl (C=O) groups excluding carboxylic acids is 2. The number of benzene rings is 2. The molecule has 2 aromatic rings. The van der Waals surface area contributed by atoms with Crippen LogP contribution in [0, 0.1) is 6.92 Å². The van der Waals surface area contributed by atoms with Crippen LogP contribution in [0.15, 0.2) is 36.4 Å². The van der Waals surface area contributed by atoms with Crippen molar-refractivity contribution in [1.29, 1.82) is 0 Å². The van der Waals surface area contributed by atoms with Gasteiger partial charge in [-0.25, -0.2) is 8.42 Å². The lowest BCUT2D eigenvalue weighted by Gasteiger charge is -2.33. The molecule has 35 heavy (non-hydrogen) atoms. The van der Waals surface area contributed by atoms with E-state index in [0.29, 0.717) is 26.2 Å². The molecule has 0 saturated carbocycles. The minimum absolute atomic E-state index is 0.0950. The van der Waals surface area contributed by atoms with Crippen LogP contribution in [0.5, 0.6) is 0 Å². The van der Waals surface area contributed by atoms with Crippen molar-refractivity contribution in [3.8, 4) is 0 Å². The molecule has 0 aromatic heterocycles. The average molecular weight is 563 g/mol. The van der Waals surface area contributed by atoms with Gasteiger partial charge in [-0.2, -0.15) is 0 Å². The highest BCUT2D eigenvalue weighted by Crippen LogP contribution is 2.30. The second-order valence-electron chi connectivity index (χ2n) is 9.29. The summed E-state index contributed by atoms with van der Waals surface area (Å²) in [5.74, 6) is -1.01. The fourth-order valence-electron chi connectivity index (χ4n) is 3.37. The van der Waals surface area contributed by atoms with Crippen molar-refractivity contribution in [2.45, 2.75) is 52.7 Å². The first-order chi connectivity index (χ1) is 16.0. The van der Waals surface area contributed by atoms with E-state index in [-0.39, 0.29) is 12.2 Å². The third-order valence-electron chi connectivity index (χ3n) is 5.24. The zero-order valence-corrected chi connectivity index (χ0v) is 23.6. The second kappa shape index (κ2) is 11.4. The van der Waals surface area contributed by atoms with Crippen molar-refractivity contribution < 1.29 is 18.0 Å². The highest BCUT2D eigenvalue weighted by Gasteiger charge is 2.32. The molecule has 0 bridgehead atoms. The molecule has 0 aliphatic heterocycles. The summed E-state index contributed by atoms with van der Waals surface area (Å²) < 4.78 is 26.4. The summed E-state index contributed by atoms with van der Waals surface area (Å²) in [6.07, 6.45) is 1.01. The maximum Gasteiger partial charge on any atom is 0.244 e. The molecule has 2 aromatic carbocycles. The molecule has 0 aliphatic carbocycles. The third-order valence-corrected chi connectivity index (χ3v) is 7.49. The fourth-order valence-corrected chi connectivity index (χ4v) is 4.96. The first kappa shape index (κ1) is 29.2. The minimum atomic E-state index is -3.88. The van der Waals surface area contributed by atoms with Gasteiger partial charge in [-0.1, -0.05) is 46.9 Å². The molecule has 0 heterocycles. The van der Waals surface area contributed by atoms with E-state index in [9.17, 15) is 18.0 Å². The largest absolute Gasteiger partial charge is 0.350 e. The average Bonchev–Trinajstić information content (AvgIpc) is 2.71. The molecular weight excluding hydrogens is 533 g/mol. The summed E-state index contributed by atoms with van der Waals surface area (Å²) in [5, 5.41) is 3.86. The van der Waals surface area contributed by atoms with Gasteiger partial charge in [-0.15, -0.1) is 0 Å². The second-order valence-corrected chi connectivity index (χ2v) is 12.4. The predicted octanol–water partition coefficient (Wildman–Crippen LogP) is 5.05. The van der Waals surface area contributed by atoms with Crippen LogP contribution in [0.1, 0.15) is 38.8 Å². The quantitative estimate of drug-likeness (QED) is 0.488. The van der Waals surface area contributed by atoms with Crippen molar-refractivity contribution in [3.63, 3.8) is 0 Å². The first-order valence-corrected chi connectivity index (χ1v) is 13.8. The molecule has 2 rings (SSSR count). The molecule has 11 heteroatoms. The summed E-state index contributed by atoms with van der Waals surface area (Å²) in [5.41, 5.74) is 0.686. The number of amides is 2. The van der Waals surface area contributed by atoms with Crippen LogP contribution in [0.25, 0.3) is 0 Å². The predicted molar refractivity (Wildman–Crippen MR) is 143 cm³/mol. The number of rotatable bonds is 8. The standard InChI is InChI=1S/C24H30Cl3N3O4S/c1-15-18(25)9-8-12-21(15)30(35(6,33)34)14-22(31)29(16(2)23(32)28-24(3,4)5)13-17-19(26)10-7-11-20(17)27/h7-12,16H,13-14H2,1-6H3,(H,28,32). The number of nitrogens with zero attached hydrogens (tertiary/aromatic N) is 2. The lowest BCUT2D eigenvalue weighted by atomic mass is 10.1. The van der Waals surface area contributed by atoms with E-state index in [1.807, 2.05) is 20.8 Å². The highest BCUT2D eigenvalue weighted by molar-refractivity contribution is 7.92. The summed E-state index contributed by atoms with van der Waals surface area (Å²) in [6.45, 7) is 8.06. The van der Waals surface area contributed by atoms with Crippen molar-refractivity contribution in [1.82, 2.24) is 10.2 Å². The number of nitrogens with one attached hydrogen (secondary N) is 1. The van der Waals surface area contributed by atoms with Gasteiger partial charge in [0, 0.05) is 32.7 Å². The van der Waals surface area contributed by atoms with Crippen LogP contribution < -0.4 is 9.62 Å². The maximum absolute atomic E-state index is 13.6. The molecule has 0 radical (unpaired) electrons. The molecule has 2 amide bonds. The Hall–Kier alpha value is -2.00. The van der Waals surface area contributed by atoms with Crippen LogP contribution in [0.3, 0.4) is 0 Å². The van der Waals surface area contributed by atoms with Gasteiger partial charge in [0.05, 0.1) is 11.9 Å². The molecule has 0 fully saturated rings. The number of hydrogen-bond acceptors (Lipinski definition) is 4. The maximum atomic E-state index is 13.6. The molecule has 1 unspecified atom stereocenters. The van der Waals surface area contributed by atoms with Crippen LogP contribution in [0.2, 0.25) is 15.1 Å². The topological polar surface area (TPSA) is 86.8 Å². The Morgan fingerprint density at radius 1 is 1.00 bits per heavy atom. The van der Waals surface area contributed by atoms with Gasteiger partial charge in [0.15, 0.2) is 0 Å². The van der Waals surface area contributed by atoms with Crippen LogP contribution in [-0.4, -0.2) is 49.5 Å². The minimum Gasteiger partial charge on any atom is -0.350 e. The molecule has 0 spiro atoms. The van der Waals surface area contributed by atoms with E-state index < -0.39 is 40.0 Å². The molecule has 192 valence electrons. The Morgan fingerprint density at radius 2 is 1.51 bits per heavy atom. The van der Waals surface area contributed by atoms with Gasteiger partial charge in [0.2, 0.25) is 21.8 Å². The Morgan fingerprint density at radius 3 is 2.03 bits per heavy atom. The number of halogens is 3. The van der Waals surface area contributed by atoms with Crippen molar-refractivity contribution in [2.75, 3.05) is 17.1 Å². The summed E-state index contributed by atoms with van der Waals surface area (Å²) >= 11 is 18.9. The number of sulfonamides is 1. The normalized spacial score (nSPS) is 12.7. The Labute approximate surface area is 222 Å². The van der Waals surface area contributed by atoms with Gasteiger partial charge in [-0.3, -0.25) is 13.9 Å². The Balaban J connectivity index is 2.51.